The van der Waals surface area contributed by atoms with Gasteiger partial charge in [-0.3, -0.25) is 9.78 Å². The van der Waals surface area contributed by atoms with Gasteiger partial charge in [0.15, 0.2) is 0 Å². The largest absolute Gasteiger partial charge is 0.383 e. The number of pyridine rings is 1. The lowest BCUT2D eigenvalue weighted by atomic mass is 10.3. The van der Waals surface area contributed by atoms with Gasteiger partial charge in [0.25, 0.3) is 0 Å². The summed E-state index contributed by atoms with van der Waals surface area (Å²) in [4.78, 5) is 15.8. The van der Waals surface area contributed by atoms with Crippen molar-refractivity contribution in [2.45, 2.75) is 13.0 Å². The van der Waals surface area contributed by atoms with Gasteiger partial charge in [0.2, 0.25) is 15.9 Å². The van der Waals surface area contributed by atoms with E-state index in [1.807, 2.05) is 12.1 Å². The molecule has 0 unspecified atom stereocenters. The first-order valence-electron chi connectivity index (χ1n) is 6.54. The van der Waals surface area contributed by atoms with Gasteiger partial charge < -0.3 is 10.1 Å². The number of aromatic nitrogens is 1. The van der Waals surface area contributed by atoms with Gasteiger partial charge in [-0.15, -0.1) is 0 Å². The quantitative estimate of drug-likeness (QED) is 0.693. The number of carbonyl (C=O) groups excluding carboxylic acids is 1. The minimum absolute atomic E-state index is 0.101. The molecule has 0 atom stereocenters. The Kier molecular flexibility index (Phi) is 7.27. The Morgan fingerprint density at radius 3 is 2.71 bits per heavy atom. The molecule has 1 amide bonds. The summed E-state index contributed by atoms with van der Waals surface area (Å²) < 4.78 is 29.2. The molecule has 8 heteroatoms. The molecule has 0 radical (unpaired) electrons. The molecule has 0 spiro atoms. The highest BCUT2D eigenvalue weighted by Crippen LogP contribution is 2.00. The van der Waals surface area contributed by atoms with Crippen molar-refractivity contribution in [1.82, 2.24) is 14.6 Å². The normalized spacial score (nSPS) is 11.6. The molecule has 1 aromatic heterocycles. The molecule has 7 nitrogen and oxygen atoms in total. The lowest BCUT2D eigenvalue weighted by molar-refractivity contribution is -0.121. The minimum atomic E-state index is -3.34. The number of carbonyl (C=O) groups is 1. The molecule has 0 aliphatic carbocycles. The van der Waals surface area contributed by atoms with Crippen LogP contribution in [0.4, 0.5) is 0 Å². The highest BCUT2D eigenvalue weighted by molar-refractivity contribution is 7.88. The van der Waals surface area contributed by atoms with Crippen LogP contribution in [-0.2, 0) is 26.1 Å². The Labute approximate surface area is 125 Å². The van der Waals surface area contributed by atoms with Crippen molar-refractivity contribution in [3.05, 3.63) is 30.1 Å². The molecule has 118 valence electrons. The van der Waals surface area contributed by atoms with Gasteiger partial charge in [0.05, 0.1) is 25.1 Å². The predicted octanol–water partition coefficient (Wildman–Crippen LogP) is -0.00410. The number of amides is 1. The maximum absolute atomic E-state index is 11.7. The van der Waals surface area contributed by atoms with E-state index >= 15 is 0 Å². The molecule has 1 rings (SSSR count). The van der Waals surface area contributed by atoms with E-state index in [0.29, 0.717) is 13.2 Å². The van der Waals surface area contributed by atoms with Gasteiger partial charge in [-0.25, -0.2) is 8.42 Å². The van der Waals surface area contributed by atoms with Crippen molar-refractivity contribution < 1.29 is 17.9 Å². The molecule has 0 saturated heterocycles. The third kappa shape index (κ3) is 7.16. The number of ether oxygens (including phenoxy) is 1. The number of hydrogen-bond donors (Lipinski definition) is 1. The Hall–Kier alpha value is -1.51. The summed E-state index contributed by atoms with van der Waals surface area (Å²) in [6, 6.07) is 5.44. The summed E-state index contributed by atoms with van der Waals surface area (Å²) in [5, 5.41) is 2.71. The number of nitrogens with one attached hydrogen (secondary N) is 1. The van der Waals surface area contributed by atoms with Crippen LogP contribution in [-0.4, -0.2) is 56.7 Å². The molecule has 1 N–H and O–H groups in total. The number of nitrogens with zero attached hydrogens (tertiary/aromatic N) is 2. The molecule has 1 aromatic rings. The first-order chi connectivity index (χ1) is 9.93. The zero-order valence-electron chi connectivity index (χ0n) is 12.3. The Morgan fingerprint density at radius 2 is 2.14 bits per heavy atom. The van der Waals surface area contributed by atoms with Gasteiger partial charge >= 0.3 is 0 Å². The number of hydrogen-bond acceptors (Lipinski definition) is 5. The van der Waals surface area contributed by atoms with Gasteiger partial charge in [-0.2, -0.15) is 4.31 Å². The first-order valence-corrected chi connectivity index (χ1v) is 8.39. The summed E-state index contributed by atoms with van der Waals surface area (Å²) in [7, 11) is -1.84. The van der Waals surface area contributed by atoms with Gasteiger partial charge in [-0.05, 0) is 12.1 Å². The van der Waals surface area contributed by atoms with E-state index in [1.54, 1.807) is 12.3 Å². The van der Waals surface area contributed by atoms with Gasteiger partial charge in [0.1, 0.15) is 0 Å². The van der Waals surface area contributed by atoms with Crippen molar-refractivity contribution >= 4 is 15.9 Å². The summed E-state index contributed by atoms with van der Waals surface area (Å²) in [5.74, 6) is -0.216. The summed E-state index contributed by atoms with van der Waals surface area (Å²) in [6.45, 7) is 0.998. The summed E-state index contributed by atoms with van der Waals surface area (Å²) in [5.41, 5.74) is 0.755. The number of methoxy groups -OCH3 is 1. The first kappa shape index (κ1) is 17.5. The topological polar surface area (TPSA) is 88.6 Å². The molecule has 0 fully saturated rings. The molecule has 21 heavy (non-hydrogen) atoms. The molecule has 1 heterocycles. The lowest BCUT2D eigenvalue weighted by Crippen LogP contribution is -2.36. The second-order valence-corrected chi connectivity index (χ2v) is 6.49. The lowest BCUT2D eigenvalue weighted by Gasteiger charge is -2.19. The van der Waals surface area contributed by atoms with Crippen molar-refractivity contribution in [2.24, 2.45) is 0 Å². The monoisotopic (exact) mass is 315 g/mol. The van der Waals surface area contributed by atoms with Gasteiger partial charge in [0, 0.05) is 32.8 Å². The fourth-order valence-corrected chi connectivity index (χ4v) is 2.47. The predicted molar refractivity (Wildman–Crippen MR) is 79.0 cm³/mol. The van der Waals surface area contributed by atoms with Crippen LogP contribution in [0.5, 0.6) is 0 Å². The third-order valence-electron chi connectivity index (χ3n) is 2.79. The highest BCUT2D eigenvalue weighted by atomic mass is 32.2. The van der Waals surface area contributed by atoms with Crippen LogP contribution in [0, 0.1) is 0 Å². The Morgan fingerprint density at radius 1 is 1.38 bits per heavy atom. The van der Waals surface area contributed by atoms with Crippen LogP contribution in [0.3, 0.4) is 0 Å². The second-order valence-electron chi connectivity index (χ2n) is 4.50. The molecule has 0 saturated carbocycles. The molecule has 0 aliphatic heterocycles. The maximum Gasteiger partial charge on any atom is 0.221 e. The molecule has 0 aromatic carbocycles. The van der Waals surface area contributed by atoms with E-state index in [4.69, 9.17) is 4.74 Å². The van der Waals surface area contributed by atoms with Crippen LogP contribution >= 0.6 is 0 Å². The second kappa shape index (κ2) is 8.71. The van der Waals surface area contributed by atoms with E-state index in [-0.39, 0.29) is 25.4 Å². The molecular weight excluding hydrogens is 294 g/mol. The number of sulfonamides is 1. The van der Waals surface area contributed by atoms with Crippen LogP contribution in [0.25, 0.3) is 0 Å². The Bertz CT molecular complexity index is 534. The fourth-order valence-electron chi connectivity index (χ4n) is 1.64. The average Bonchev–Trinajstić information content (AvgIpc) is 2.45. The summed E-state index contributed by atoms with van der Waals surface area (Å²) >= 11 is 0. The van der Waals surface area contributed by atoms with E-state index in [2.05, 4.69) is 10.3 Å². The fraction of sp³-hybridized carbons (Fsp3) is 0.538. The maximum atomic E-state index is 11.7. The summed E-state index contributed by atoms with van der Waals surface area (Å²) in [6.07, 6.45) is 2.87. The van der Waals surface area contributed by atoms with E-state index in [0.717, 1.165) is 11.9 Å². The SMILES string of the molecule is COCCN(CCC(=O)NCc1ccccn1)S(C)(=O)=O. The van der Waals surface area contributed by atoms with Crippen molar-refractivity contribution in [2.75, 3.05) is 33.1 Å². The third-order valence-corrected chi connectivity index (χ3v) is 4.10. The highest BCUT2D eigenvalue weighted by Gasteiger charge is 2.17. The molecule has 0 bridgehead atoms. The van der Waals surface area contributed by atoms with E-state index in [1.165, 1.54) is 11.4 Å². The van der Waals surface area contributed by atoms with Gasteiger partial charge in [-0.1, -0.05) is 6.07 Å². The van der Waals surface area contributed by atoms with Crippen molar-refractivity contribution in [3.63, 3.8) is 0 Å². The average molecular weight is 315 g/mol. The van der Waals surface area contributed by atoms with Crippen molar-refractivity contribution in [1.29, 1.82) is 0 Å². The van der Waals surface area contributed by atoms with Crippen LogP contribution in [0.2, 0.25) is 0 Å². The Balaban J connectivity index is 2.39. The number of rotatable bonds is 9. The zero-order chi connectivity index (χ0) is 15.7. The van der Waals surface area contributed by atoms with Crippen LogP contribution in [0.1, 0.15) is 12.1 Å². The van der Waals surface area contributed by atoms with E-state index in [9.17, 15) is 13.2 Å². The standard InChI is InChI=1S/C13H21N3O4S/c1-20-10-9-16(21(2,18)19)8-6-13(17)15-11-12-5-3-4-7-14-12/h3-5,7H,6,8-11H2,1-2H3,(H,15,17). The van der Waals surface area contributed by atoms with Crippen LogP contribution < -0.4 is 5.32 Å². The molecular formula is C13H21N3O4S. The van der Waals surface area contributed by atoms with Crippen LogP contribution in [0.15, 0.2) is 24.4 Å². The smallest absolute Gasteiger partial charge is 0.221 e. The zero-order valence-corrected chi connectivity index (χ0v) is 13.1. The minimum Gasteiger partial charge on any atom is -0.383 e. The molecule has 0 aliphatic rings. The van der Waals surface area contributed by atoms with E-state index < -0.39 is 10.0 Å². The van der Waals surface area contributed by atoms with Crippen molar-refractivity contribution in [3.8, 4) is 0 Å².